The van der Waals surface area contributed by atoms with Gasteiger partial charge in [-0.25, -0.2) is 0 Å². The van der Waals surface area contributed by atoms with Crippen molar-refractivity contribution >= 4 is 23.2 Å². The van der Waals surface area contributed by atoms with Crippen LogP contribution in [0.1, 0.15) is 18.4 Å². The SMILES string of the molecule is Cc1cccc(OC[C@H](O)CNC2CCN(C[C@H](O)COc3ccc(Cl)cc3Cl)CC2)c1. The van der Waals surface area contributed by atoms with E-state index in [0.29, 0.717) is 34.9 Å². The van der Waals surface area contributed by atoms with Gasteiger partial charge in [0.2, 0.25) is 0 Å². The second-order valence-electron chi connectivity index (χ2n) is 8.30. The monoisotopic (exact) mass is 482 g/mol. The molecule has 6 nitrogen and oxygen atoms in total. The molecule has 0 aromatic heterocycles. The number of hydrogen-bond acceptors (Lipinski definition) is 6. The predicted molar refractivity (Wildman–Crippen MR) is 128 cm³/mol. The lowest BCUT2D eigenvalue weighted by atomic mass is 10.0. The van der Waals surface area contributed by atoms with E-state index in [0.717, 1.165) is 37.2 Å². The maximum atomic E-state index is 10.3. The number of rotatable bonds is 11. The fraction of sp³-hybridized carbons (Fsp3) is 0.500. The van der Waals surface area contributed by atoms with Crippen molar-refractivity contribution in [3.8, 4) is 11.5 Å². The van der Waals surface area contributed by atoms with Crippen molar-refractivity contribution in [1.82, 2.24) is 10.2 Å². The molecular formula is C24H32Cl2N2O4. The van der Waals surface area contributed by atoms with Gasteiger partial charge in [-0.1, -0.05) is 35.3 Å². The highest BCUT2D eigenvalue weighted by Gasteiger charge is 2.22. The number of likely N-dealkylation sites (tertiary alicyclic amines) is 1. The van der Waals surface area contributed by atoms with Crippen molar-refractivity contribution in [3.63, 3.8) is 0 Å². The van der Waals surface area contributed by atoms with Crippen molar-refractivity contribution in [3.05, 3.63) is 58.1 Å². The summed E-state index contributed by atoms with van der Waals surface area (Å²) in [6, 6.07) is 13.2. The highest BCUT2D eigenvalue weighted by Crippen LogP contribution is 2.27. The van der Waals surface area contributed by atoms with E-state index in [1.165, 1.54) is 0 Å². The molecule has 0 radical (unpaired) electrons. The first kappa shape index (κ1) is 25.1. The summed E-state index contributed by atoms with van der Waals surface area (Å²) < 4.78 is 11.3. The third-order valence-electron chi connectivity index (χ3n) is 5.46. The van der Waals surface area contributed by atoms with Crippen LogP contribution in [-0.4, -0.2) is 72.8 Å². The molecule has 3 N–H and O–H groups in total. The van der Waals surface area contributed by atoms with Gasteiger partial charge in [0.15, 0.2) is 0 Å². The molecule has 2 atom stereocenters. The average Bonchev–Trinajstić information content (AvgIpc) is 2.77. The van der Waals surface area contributed by atoms with Crippen molar-refractivity contribution in [2.45, 2.75) is 38.0 Å². The lowest BCUT2D eigenvalue weighted by Gasteiger charge is -2.33. The number of aliphatic hydroxyl groups excluding tert-OH is 2. The molecule has 1 aliphatic heterocycles. The summed E-state index contributed by atoms with van der Waals surface area (Å²) in [6.07, 6.45) is 0.753. The summed E-state index contributed by atoms with van der Waals surface area (Å²) in [5, 5.41) is 24.9. The lowest BCUT2D eigenvalue weighted by molar-refractivity contribution is 0.0556. The number of hydrogen-bond donors (Lipinski definition) is 3. The molecular weight excluding hydrogens is 451 g/mol. The van der Waals surface area contributed by atoms with Gasteiger partial charge in [-0.3, -0.25) is 0 Å². The molecule has 0 bridgehead atoms. The first-order valence-corrected chi connectivity index (χ1v) is 11.7. The summed E-state index contributed by atoms with van der Waals surface area (Å²) in [5.41, 5.74) is 1.13. The maximum Gasteiger partial charge on any atom is 0.138 e. The van der Waals surface area contributed by atoms with Gasteiger partial charge in [0.1, 0.15) is 36.9 Å². The second-order valence-corrected chi connectivity index (χ2v) is 9.15. The minimum Gasteiger partial charge on any atom is -0.491 e. The van der Waals surface area contributed by atoms with E-state index in [1.807, 2.05) is 31.2 Å². The first-order chi connectivity index (χ1) is 15.4. The van der Waals surface area contributed by atoms with Gasteiger partial charge in [-0.2, -0.15) is 0 Å². The zero-order valence-electron chi connectivity index (χ0n) is 18.3. The minimum absolute atomic E-state index is 0.173. The number of aryl methyl sites for hydroxylation is 1. The molecule has 1 heterocycles. The van der Waals surface area contributed by atoms with Crippen LogP contribution in [0, 0.1) is 6.92 Å². The third-order valence-corrected chi connectivity index (χ3v) is 5.99. The summed E-state index contributed by atoms with van der Waals surface area (Å²) in [5.74, 6) is 1.29. The summed E-state index contributed by atoms with van der Waals surface area (Å²) in [7, 11) is 0. The first-order valence-electron chi connectivity index (χ1n) is 11.0. The van der Waals surface area contributed by atoms with E-state index in [9.17, 15) is 10.2 Å². The molecule has 2 aromatic rings. The van der Waals surface area contributed by atoms with Crippen LogP contribution in [0.3, 0.4) is 0 Å². The molecule has 0 amide bonds. The van der Waals surface area contributed by atoms with Gasteiger partial charge in [-0.15, -0.1) is 0 Å². The van der Waals surface area contributed by atoms with E-state index in [-0.39, 0.29) is 13.2 Å². The van der Waals surface area contributed by atoms with Gasteiger partial charge in [0.05, 0.1) is 5.02 Å². The summed E-state index contributed by atoms with van der Waals surface area (Å²) >= 11 is 12.0. The molecule has 1 fully saturated rings. The van der Waals surface area contributed by atoms with E-state index in [1.54, 1.807) is 18.2 Å². The number of nitrogens with zero attached hydrogens (tertiary/aromatic N) is 1. The fourth-order valence-electron chi connectivity index (χ4n) is 3.71. The van der Waals surface area contributed by atoms with E-state index < -0.39 is 12.2 Å². The summed E-state index contributed by atoms with van der Waals surface area (Å²) in [6.45, 7) is 5.25. The standard InChI is InChI=1S/C24H32Cl2N2O4/c1-17-3-2-4-22(11-17)31-15-20(29)13-27-19-7-9-28(10-8-19)14-21(30)16-32-24-6-5-18(25)12-23(24)26/h2-6,11-12,19-21,27,29-30H,7-10,13-16H2,1H3/t20-,21+/m1/s1. The van der Waals surface area contributed by atoms with Crippen molar-refractivity contribution in [2.24, 2.45) is 0 Å². The Morgan fingerprint density at radius 1 is 1.03 bits per heavy atom. The normalized spacial score (nSPS) is 17.2. The largest absolute Gasteiger partial charge is 0.491 e. The molecule has 8 heteroatoms. The topological polar surface area (TPSA) is 74.2 Å². The Morgan fingerprint density at radius 2 is 1.78 bits per heavy atom. The third kappa shape index (κ3) is 8.43. The van der Waals surface area contributed by atoms with Crippen LogP contribution in [0.5, 0.6) is 11.5 Å². The molecule has 0 spiro atoms. The Kier molecular flexibility index (Phi) is 9.91. The molecule has 0 saturated carbocycles. The number of aliphatic hydroxyl groups is 2. The van der Waals surface area contributed by atoms with Crippen LogP contribution in [0.15, 0.2) is 42.5 Å². The van der Waals surface area contributed by atoms with Crippen LogP contribution in [0.4, 0.5) is 0 Å². The van der Waals surface area contributed by atoms with Crippen LogP contribution < -0.4 is 14.8 Å². The molecule has 1 aliphatic rings. The number of benzene rings is 2. The van der Waals surface area contributed by atoms with Crippen molar-refractivity contribution in [1.29, 1.82) is 0 Å². The maximum absolute atomic E-state index is 10.3. The number of β-amino-alcohol motifs (C(OH)–C–C–N with tert-alkyl or cyclic N) is 1. The predicted octanol–water partition coefficient (Wildman–Crippen LogP) is 3.54. The molecule has 32 heavy (non-hydrogen) atoms. The Bertz CT molecular complexity index is 846. The van der Waals surface area contributed by atoms with Crippen LogP contribution in [-0.2, 0) is 0 Å². The number of piperidine rings is 1. The van der Waals surface area contributed by atoms with Crippen LogP contribution in [0.2, 0.25) is 10.0 Å². The molecule has 0 aliphatic carbocycles. The molecule has 3 rings (SSSR count). The molecule has 1 saturated heterocycles. The van der Waals surface area contributed by atoms with Gasteiger partial charge in [0, 0.05) is 24.2 Å². The molecule has 176 valence electrons. The number of nitrogens with one attached hydrogen (secondary N) is 1. The van der Waals surface area contributed by atoms with E-state index in [4.69, 9.17) is 32.7 Å². The zero-order chi connectivity index (χ0) is 22.9. The Morgan fingerprint density at radius 3 is 2.50 bits per heavy atom. The summed E-state index contributed by atoms with van der Waals surface area (Å²) in [4.78, 5) is 2.23. The lowest BCUT2D eigenvalue weighted by Crippen LogP contribution is -2.47. The van der Waals surface area contributed by atoms with Gasteiger partial charge in [-0.05, 0) is 68.8 Å². The number of ether oxygens (including phenoxy) is 2. The highest BCUT2D eigenvalue weighted by atomic mass is 35.5. The Hall–Kier alpha value is -1.54. The molecule has 2 aromatic carbocycles. The van der Waals surface area contributed by atoms with Crippen LogP contribution >= 0.6 is 23.2 Å². The quantitative estimate of drug-likeness (QED) is 0.454. The highest BCUT2D eigenvalue weighted by molar-refractivity contribution is 6.35. The van der Waals surface area contributed by atoms with Crippen molar-refractivity contribution < 1.29 is 19.7 Å². The van der Waals surface area contributed by atoms with Gasteiger partial charge < -0.3 is 29.9 Å². The Balaban J connectivity index is 1.29. The fourth-order valence-corrected chi connectivity index (χ4v) is 4.17. The second kappa shape index (κ2) is 12.6. The van der Waals surface area contributed by atoms with Gasteiger partial charge in [0.25, 0.3) is 0 Å². The van der Waals surface area contributed by atoms with E-state index >= 15 is 0 Å². The zero-order valence-corrected chi connectivity index (χ0v) is 19.9. The minimum atomic E-state index is -0.605. The van der Waals surface area contributed by atoms with Gasteiger partial charge >= 0.3 is 0 Å². The average molecular weight is 483 g/mol. The number of halogens is 2. The van der Waals surface area contributed by atoms with E-state index in [2.05, 4.69) is 10.2 Å². The van der Waals surface area contributed by atoms with Crippen LogP contribution in [0.25, 0.3) is 0 Å². The smallest absolute Gasteiger partial charge is 0.138 e. The molecule has 0 unspecified atom stereocenters. The van der Waals surface area contributed by atoms with Crippen molar-refractivity contribution in [2.75, 3.05) is 39.4 Å². The Labute approximate surface area is 200 Å².